The lowest BCUT2D eigenvalue weighted by Crippen LogP contribution is -2.45. The molecule has 0 radical (unpaired) electrons. The summed E-state index contributed by atoms with van der Waals surface area (Å²) in [6.45, 7) is 5.18. The monoisotopic (exact) mass is 511 g/mol. The van der Waals surface area contributed by atoms with E-state index in [2.05, 4.69) is 13.8 Å². The van der Waals surface area contributed by atoms with Crippen molar-refractivity contribution in [3.63, 3.8) is 0 Å². The number of hydrogen-bond acceptors (Lipinski definition) is 4. The number of esters is 1. The lowest BCUT2D eigenvalue weighted by Gasteiger charge is -2.29. The number of unbranched alkanes of at least 4 members (excludes halogenated alkanes) is 15. The van der Waals surface area contributed by atoms with Crippen LogP contribution >= 0.6 is 0 Å². The molecule has 0 aliphatic carbocycles. The first-order chi connectivity index (χ1) is 17.1. The van der Waals surface area contributed by atoms with Crippen LogP contribution < -0.4 is 5.11 Å². The summed E-state index contributed by atoms with van der Waals surface area (Å²) in [5.41, 5.74) is 0. The third kappa shape index (κ3) is 26.0. The van der Waals surface area contributed by atoms with Gasteiger partial charge in [-0.05, 0) is 12.3 Å². The van der Waals surface area contributed by atoms with Gasteiger partial charge in [0.15, 0.2) is 6.10 Å². The second kappa shape index (κ2) is 23.0. The van der Waals surface area contributed by atoms with Gasteiger partial charge in [-0.15, -0.1) is 0 Å². The summed E-state index contributed by atoms with van der Waals surface area (Å²) in [7, 11) is 5.86. The second-order valence-electron chi connectivity index (χ2n) is 12.3. The molecule has 0 aromatic heterocycles. The van der Waals surface area contributed by atoms with E-state index >= 15 is 0 Å². The van der Waals surface area contributed by atoms with Crippen LogP contribution in [0.3, 0.4) is 0 Å². The van der Waals surface area contributed by atoms with Crippen molar-refractivity contribution in [1.29, 1.82) is 0 Å². The molecular formula is C31H61NO4. The zero-order valence-electron chi connectivity index (χ0n) is 24.8. The zero-order chi connectivity index (χ0) is 27.1. The van der Waals surface area contributed by atoms with Crippen molar-refractivity contribution in [2.24, 2.45) is 5.92 Å². The molecule has 2 atom stereocenters. The van der Waals surface area contributed by atoms with E-state index in [9.17, 15) is 14.7 Å². The fourth-order valence-corrected chi connectivity index (χ4v) is 4.94. The lowest BCUT2D eigenvalue weighted by atomic mass is 9.97. The third-order valence-corrected chi connectivity index (χ3v) is 7.07. The molecule has 0 aliphatic rings. The van der Waals surface area contributed by atoms with E-state index in [1.54, 1.807) is 0 Å². The first-order valence-electron chi connectivity index (χ1n) is 15.3. The van der Waals surface area contributed by atoms with Crippen molar-refractivity contribution in [3.8, 4) is 0 Å². The number of nitrogens with zero attached hydrogens (tertiary/aromatic N) is 1. The number of quaternary nitrogens is 1. The zero-order valence-corrected chi connectivity index (χ0v) is 24.8. The molecule has 0 spiro atoms. The molecule has 0 aliphatic heterocycles. The van der Waals surface area contributed by atoms with Crippen LogP contribution in [-0.2, 0) is 14.3 Å². The molecule has 5 nitrogen and oxygen atoms in total. The van der Waals surface area contributed by atoms with Crippen LogP contribution in [0.5, 0.6) is 0 Å². The van der Waals surface area contributed by atoms with E-state index in [-0.39, 0.29) is 12.4 Å². The number of carbonyl (C=O) groups excluding carboxylic acids is 2. The molecule has 36 heavy (non-hydrogen) atoms. The van der Waals surface area contributed by atoms with Crippen LogP contribution in [0.1, 0.15) is 149 Å². The summed E-state index contributed by atoms with van der Waals surface area (Å²) in [6.07, 6.45) is 24.6. The fraction of sp³-hybridized carbons (Fsp3) is 0.935. The molecule has 0 rings (SSSR count). The maximum absolute atomic E-state index is 12.1. The topological polar surface area (TPSA) is 66.4 Å². The maximum atomic E-state index is 12.1. The van der Waals surface area contributed by atoms with E-state index in [1.165, 1.54) is 103 Å². The number of carbonyl (C=O) groups is 2. The molecule has 5 heteroatoms. The van der Waals surface area contributed by atoms with Crippen LogP contribution in [0.25, 0.3) is 0 Å². The molecule has 0 N–H and O–H groups in total. The minimum absolute atomic E-state index is 0.236. The Kier molecular flexibility index (Phi) is 22.3. The molecule has 0 heterocycles. The van der Waals surface area contributed by atoms with Crippen LogP contribution in [0.15, 0.2) is 0 Å². The van der Waals surface area contributed by atoms with Gasteiger partial charge in [0, 0.05) is 18.8 Å². The van der Waals surface area contributed by atoms with E-state index in [0.717, 1.165) is 25.2 Å². The van der Waals surface area contributed by atoms with Crippen LogP contribution in [-0.4, -0.2) is 50.2 Å². The number of aliphatic carboxylic acids is 1. The van der Waals surface area contributed by atoms with Gasteiger partial charge in [0.2, 0.25) is 0 Å². The molecule has 2 unspecified atom stereocenters. The number of carboxylic acid groups (broad SMARTS) is 1. The predicted molar refractivity (Wildman–Crippen MR) is 150 cm³/mol. The number of likely N-dealkylation sites (N-methyl/N-ethyl adjacent to an activating group) is 1. The molecule has 0 saturated carbocycles. The molecule has 0 bridgehead atoms. The average Bonchev–Trinajstić information content (AvgIpc) is 2.78. The second-order valence-corrected chi connectivity index (χ2v) is 12.3. The van der Waals surface area contributed by atoms with Crippen molar-refractivity contribution in [2.45, 2.75) is 155 Å². The quantitative estimate of drug-likeness (QED) is 0.0699. The van der Waals surface area contributed by atoms with Crippen molar-refractivity contribution in [1.82, 2.24) is 0 Å². The lowest BCUT2D eigenvalue weighted by molar-refractivity contribution is -0.873. The Morgan fingerprint density at radius 1 is 0.694 bits per heavy atom. The van der Waals surface area contributed by atoms with E-state index in [1.807, 2.05) is 21.1 Å². The van der Waals surface area contributed by atoms with Gasteiger partial charge in [0.05, 0.1) is 21.1 Å². The van der Waals surface area contributed by atoms with Gasteiger partial charge in [-0.3, -0.25) is 4.79 Å². The minimum atomic E-state index is -1.17. The Morgan fingerprint density at radius 2 is 1.11 bits per heavy atom. The summed E-state index contributed by atoms with van der Waals surface area (Å²) in [4.78, 5) is 23.0. The molecule has 0 amide bonds. The Morgan fingerprint density at radius 3 is 1.53 bits per heavy atom. The highest BCUT2D eigenvalue weighted by atomic mass is 16.5. The van der Waals surface area contributed by atoms with Gasteiger partial charge >= 0.3 is 5.97 Å². The Balaban J connectivity index is 3.46. The van der Waals surface area contributed by atoms with E-state index in [0.29, 0.717) is 17.4 Å². The van der Waals surface area contributed by atoms with Gasteiger partial charge in [-0.25, -0.2) is 0 Å². The largest absolute Gasteiger partial charge is 0.550 e. The Labute approximate surface area is 224 Å². The Hall–Kier alpha value is -1.10. The summed E-state index contributed by atoms with van der Waals surface area (Å²) in [5, 5.41) is 10.9. The highest BCUT2D eigenvalue weighted by Crippen LogP contribution is 2.18. The van der Waals surface area contributed by atoms with Crippen molar-refractivity contribution < 1.29 is 23.9 Å². The average molecular weight is 512 g/mol. The SMILES string of the molecule is CCCCC(C)CCCCCCCCCCCCCCCCCC(=O)OC(CC(=O)[O-])C[N+](C)(C)C. The molecule has 214 valence electrons. The van der Waals surface area contributed by atoms with Crippen molar-refractivity contribution >= 4 is 11.9 Å². The third-order valence-electron chi connectivity index (χ3n) is 7.07. The van der Waals surface area contributed by atoms with Crippen molar-refractivity contribution in [3.05, 3.63) is 0 Å². The maximum Gasteiger partial charge on any atom is 0.306 e. The number of carboxylic acids is 1. The first-order valence-corrected chi connectivity index (χ1v) is 15.3. The summed E-state index contributed by atoms with van der Waals surface area (Å²) < 4.78 is 5.95. The standard InChI is InChI=1S/C31H61NO4/c1-6-7-23-28(2)24-21-19-17-15-13-11-9-8-10-12-14-16-18-20-22-25-31(35)36-29(26-30(33)34)27-32(3,4)5/h28-29H,6-27H2,1-5H3. The van der Waals surface area contributed by atoms with E-state index in [4.69, 9.17) is 4.74 Å². The normalized spacial score (nSPS) is 13.5. The molecule has 0 saturated heterocycles. The molecular weight excluding hydrogens is 450 g/mol. The molecule has 0 aromatic rings. The van der Waals surface area contributed by atoms with Crippen molar-refractivity contribution in [2.75, 3.05) is 27.7 Å². The fourth-order valence-electron chi connectivity index (χ4n) is 4.94. The van der Waals surface area contributed by atoms with Gasteiger partial charge in [0.25, 0.3) is 0 Å². The number of rotatable bonds is 26. The first kappa shape index (κ1) is 34.9. The van der Waals surface area contributed by atoms with Gasteiger partial charge in [0.1, 0.15) is 6.54 Å². The van der Waals surface area contributed by atoms with Gasteiger partial charge in [-0.2, -0.15) is 0 Å². The predicted octanol–water partition coefficient (Wildman–Crippen LogP) is 7.20. The minimum Gasteiger partial charge on any atom is -0.550 e. The number of ether oxygens (including phenoxy) is 1. The Bertz CT molecular complexity index is 529. The highest BCUT2D eigenvalue weighted by molar-refractivity contribution is 5.70. The molecule has 0 fully saturated rings. The van der Waals surface area contributed by atoms with Crippen LogP contribution in [0.2, 0.25) is 0 Å². The smallest absolute Gasteiger partial charge is 0.306 e. The summed E-state index contributed by atoms with van der Waals surface area (Å²) in [5.74, 6) is -0.531. The van der Waals surface area contributed by atoms with Crippen LogP contribution in [0.4, 0.5) is 0 Å². The summed E-state index contributed by atoms with van der Waals surface area (Å²) >= 11 is 0. The summed E-state index contributed by atoms with van der Waals surface area (Å²) in [6, 6.07) is 0. The highest BCUT2D eigenvalue weighted by Gasteiger charge is 2.22. The van der Waals surface area contributed by atoms with E-state index < -0.39 is 12.1 Å². The van der Waals surface area contributed by atoms with Gasteiger partial charge < -0.3 is 19.1 Å². The van der Waals surface area contributed by atoms with Gasteiger partial charge in [-0.1, -0.05) is 129 Å². The number of hydrogen-bond donors (Lipinski definition) is 0. The molecule has 0 aromatic carbocycles. The van der Waals surface area contributed by atoms with Crippen LogP contribution in [0, 0.1) is 5.92 Å².